The largest absolute Gasteiger partial charge is 0.493 e. The Kier molecular flexibility index (Phi) is 5.98. The zero-order chi connectivity index (χ0) is 17.9. The standard InChI is InChI=1S/C16H22ClNO5S/c1-4-13(12-5-6-14(22-2)15(8-12)23-3)18-9-11(7-16(18)19)10-24(17,20)21/h5-6,8,11,13H,4,7,9-10H2,1-3H3. The number of methoxy groups -OCH3 is 2. The van der Waals surface area contributed by atoms with Gasteiger partial charge in [-0.05, 0) is 24.1 Å². The molecular weight excluding hydrogens is 354 g/mol. The molecule has 2 atom stereocenters. The molecule has 1 aromatic rings. The topological polar surface area (TPSA) is 72.9 Å². The Morgan fingerprint density at radius 2 is 1.96 bits per heavy atom. The van der Waals surface area contributed by atoms with Crippen LogP contribution in [-0.4, -0.2) is 45.7 Å². The highest BCUT2D eigenvalue weighted by Gasteiger charge is 2.36. The van der Waals surface area contributed by atoms with Crippen LogP contribution in [0.4, 0.5) is 0 Å². The second kappa shape index (κ2) is 7.61. The van der Waals surface area contributed by atoms with Crippen LogP contribution in [0.1, 0.15) is 31.4 Å². The van der Waals surface area contributed by atoms with Crippen molar-refractivity contribution in [3.63, 3.8) is 0 Å². The highest BCUT2D eigenvalue weighted by Crippen LogP contribution is 2.36. The first-order chi connectivity index (χ1) is 11.3. The molecule has 24 heavy (non-hydrogen) atoms. The number of hydrogen-bond donors (Lipinski definition) is 0. The van der Waals surface area contributed by atoms with Gasteiger partial charge < -0.3 is 14.4 Å². The summed E-state index contributed by atoms with van der Waals surface area (Å²) in [5.41, 5.74) is 0.929. The average Bonchev–Trinajstić information content (AvgIpc) is 2.86. The smallest absolute Gasteiger partial charge is 0.232 e. The van der Waals surface area contributed by atoms with Crippen LogP contribution < -0.4 is 9.47 Å². The van der Waals surface area contributed by atoms with Crippen LogP contribution in [0.2, 0.25) is 0 Å². The van der Waals surface area contributed by atoms with Crippen molar-refractivity contribution in [3.05, 3.63) is 23.8 Å². The van der Waals surface area contributed by atoms with Gasteiger partial charge in [0.25, 0.3) is 0 Å². The Bertz CT molecular complexity index is 706. The van der Waals surface area contributed by atoms with Crippen LogP contribution >= 0.6 is 10.7 Å². The number of carbonyl (C=O) groups excluding carboxylic acids is 1. The SMILES string of the molecule is CCC(c1ccc(OC)c(OC)c1)N1CC(CS(=O)(=O)Cl)CC1=O. The lowest BCUT2D eigenvalue weighted by atomic mass is 10.0. The number of likely N-dealkylation sites (tertiary alicyclic amines) is 1. The van der Waals surface area contributed by atoms with Crippen molar-refractivity contribution in [1.82, 2.24) is 4.90 Å². The average molecular weight is 376 g/mol. The summed E-state index contributed by atoms with van der Waals surface area (Å²) in [4.78, 5) is 14.1. The lowest BCUT2D eigenvalue weighted by molar-refractivity contribution is -0.129. The summed E-state index contributed by atoms with van der Waals surface area (Å²) in [6.45, 7) is 2.37. The first kappa shape index (κ1) is 18.9. The predicted octanol–water partition coefficient (Wildman–Crippen LogP) is 2.57. The molecule has 1 aromatic carbocycles. The Morgan fingerprint density at radius 3 is 2.50 bits per heavy atom. The van der Waals surface area contributed by atoms with Gasteiger partial charge in [-0.3, -0.25) is 4.79 Å². The van der Waals surface area contributed by atoms with Gasteiger partial charge in [-0.1, -0.05) is 13.0 Å². The molecule has 0 N–H and O–H groups in total. The Morgan fingerprint density at radius 1 is 1.29 bits per heavy atom. The van der Waals surface area contributed by atoms with E-state index >= 15 is 0 Å². The zero-order valence-electron chi connectivity index (χ0n) is 14.0. The Labute approximate surface area is 147 Å². The van der Waals surface area contributed by atoms with Crippen molar-refractivity contribution < 1.29 is 22.7 Å². The third-order valence-electron chi connectivity index (χ3n) is 4.23. The van der Waals surface area contributed by atoms with E-state index in [1.807, 2.05) is 19.1 Å². The number of carbonyl (C=O) groups is 1. The molecule has 0 spiro atoms. The van der Waals surface area contributed by atoms with E-state index in [0.717, 1.165) is 5.56 Å². The van der Waals surface area contributed by atoms with E-state index in [1.165, 1.54) is 0 Å². The molecule has 0 saturated carbocycles. The fraction of sp³-hybridized carbons (Fsp3) is 0.562. The molecule has 2 rings (SSSR count). The van der Waals surface area contributed by atoms with Gasteiger partial charge in [0, 0.05) is 29.6 Å². The molecule has 0 aliphatic carbocycles. The van der Waals surface area contributed by atoms with E-state index in [2.05, 4.69) is 0 Å². The van der Waals surface area contributed by atoms with Crippen LogP contribution in [0.3, 0.4) is 0 Å². The molecular formula is C16H22ClNO5S. The third-order valence-corrected chi connectivity index (χ3v) is 5.48. The van der Waals surface area contributed by atoms with E-state index in [9.17, 15) is 13.2 Å². The van der Waals surface area contributed by atoms with E-state index in [0.29, 0.717) is 24.5 Å². The lowest BCUT2D eigenvalue weighted by Gasteiger charge is -2.28. The second-order valence-corrected chi connectivity index (χ2v) is 8.68. The normalized spacial score (nSPS) is 19.4. The van der Waals surface area contributed by atoms with Crippen molar-refractivity contribution in [2.45, 2.75) is 25.8 Å². The molecule has 1 heterocycles. The van der Waals surface area contributed by atoms with Crippen molar-refractivity contribution >= 4 is 25.6 Å². The molecule has 0 bridgehead atoms. The van der Waals surface area contributed by atoms with Gasteiger partial charge in [0.2, 0.25) is 15.0 Å². The van der Waals surface area contributed by atoms with E-state index in [4.69, 9.17) is 20.2 Å². The monoisotopic (exact) mass is 375 g/mol. The number of ether oxygens (including phenoxy) is 2. The van der Waals surface area contributed by atoms with Crippen molar-refractivity contribution in [3.8, 4) is 11.5 Å². The summed E-state index contributed by atoms with van der Waals surface area (Å²) < 4.78 is 33.1. The van der Waals surface area contributed by atoms with Gasteiger partial charge in [0.05, 0.1) is 26.0 Å². The molecule has 8 heteroatoms. The summed E-state index contributed by atoms with van der Waals surface area (Å²) in [5, 5.41) is 0. The van der Waals surface area contributed by atoms with E-state index < -0.39 is 9.05 Å². The van der Waals surface area contributed by atoms with Gasteiger partial charge >= 0.3 is 0 Å². The molecule has 0 radical (unpaired) electrons. The minimum Gasteiger partial charge on any atom is -0.493 e. The number of halogens is 1. The number of rotatable bonds is 7. The van der Waals surface area contributed by atoms with Gasteiger partial charge in [-0.2, -0.15) is 0 Å². The van der Waals surface area contributed by atoms with Gasteiger partial charge in [-0.25, -0.2) is 8.42 Å². The van der Waals surface area contributed by atoms with Crippen LogP contribution in [0.15, 0.2) is 18.2 Å². The molecule has 134 valence electrons. The number of amides is 1. The molecule has 1 saturated heterocycles. The van der Waals surface area contributed by atoms with Crippen molar-refractivity contribution in [2.24, 2.45) is 5.92 Å². The maximum atomic E-state index is 12.4. The van der Waals surface area contributed by atoms with Gasteiger partial charge in [0.1, 0.15) is 0 Å². The number of benzene rings is 1. The zero-order valence-corrected chi connectivity index (χ0v) is 15.6. The summed E-state index contributed by atoms with van der Waals surface area (Å²) in [5.74, 6) is 0.713. The molecule has 6 nitrogen and oxygen atoms in total. The second-order valence-electron chi connectivity index (χ2n) is 5.86. The molecule has 1 fully saturated rings. The Balaban J connectivity index is 2.24. The quantitative estimate of drug-likeness (QED) is 0.685. The highest BCUT2D eigenvalue weighted by molar-refractivity contribution is 8.13. The van der Waals surface area contributed by atoms with E-state index in [-0.39, 0.29) is 30.0 Å². The minimum absolute atomic E-state index is 0.0537. The fourth-order valence-corrected chi connectivity index (χ4v) is 4.52. The Hall–Kier alpha value is -1.47. The van der Waals surface area contributed by atoms with Gasteiger partial charge in [0.15, 0.2) is 11.5 Å². The molecule has 1 aliphatic rings. The maximum absolute atomic E-state index is 12.4. The third kappa shape index (κ3) is 4.33. The predicted molar refractivity (Wildman–Crippen MR) is 92.0 cm³/mol. The first-order valence-corrected chi connectivity index (χ1v) is 10.2. The van der Waals surface area contributed by atoms with Crippen LogP contribution in [0.5, 0.6) is 11.5 Å². The van der Waals surface area contributed by atoms with Crippen LogP contribution in [0.25, 0.3) is 0 Å². The van der Waals surface area contributed by atoms with Crippen LogP contribution in [-0.2, 0) is 13.8 Å². The molecule has 0 aromatic heterocycles. The van der Waals surface area contributed by atoms with E-state index in [1.54, 1.807) is 25.2 Å². The van der Waals surface area contributed by atoms with Crippen molar-refractivity contribution in [2.75, 3.05) is 26.5 Å². The lowest BCUT2D eigenvalue weighted by Crippen LogP contribution is -2.30. The van der Waals surface area contributed by atoms with Crippen molar-refractivity contribution in [1.29, 1.82) is 0 Å². The first-order valence-electron chi connectivity index (χ1n) is 7.72. The van der Waals surface area contributed by atoms with Gasteiger partial charge in [-0.15, -0.1) is 0 Å². The fourth-order valence-electron chi connectivity index (χ4n) is 3.20. The molecule has 1 aliphatic heterocycles. The number of nitrogens with zero attached hydrogens (tertiary/aromatic N) is 1. The molecule has 1 amide bonds. The summed E-state index contributed by atoms with van der Waals surface area (Å²) in [6, 6.07) is 5.42. The summed E-state index contributed by atoms with van der Waals surface area (Å²) in [7, 11) is 4.84. The minimum atomic E-state index is -3.61. The summed E-state index contributed by atoms with van der Waals surface area (Å²) >= 11 is 0. The number of hydrogen-bond acceptors (Lipinski definition) is 5. The summed E-state index contributed by atoms with van der Waals surface area (Å²) in [6.07, 6.45) is 0.914. The van der Waals surface area contributed by atoms with Crippen LogP contribution in [0, 0.1) is 5.92 Å². The highest BCUT2D eigenvalue weighted by atomic mass is 35.7. The maximum Gasteiger partial charge on any atom is 0.232 e. The molecule has 2 unspecified atom stereocenters.